The molecule has 0 bridgehead atoms. The minimum absolute atomic E-state index is 0.0580. The zero-order chi connectivity index (χ0) is 31.5. The van der Waals surface area contributed by atoms with Gasteiger partial charge in [-0.2, -0.15) is 5.11 Å². The van der Waals surface area contributed by atoms with Crippen LogP contribution >= 0.6 is 0 Å². The Morgan fingerprint density at radius 3 is 1.72 bits per heavy atom. The van der Waals surface area contributed by atoms with Crippen LogP contribution in [0.3, 0.4) is 0 Å². The maximum absolute atomic E-state index is 6.22. The highest BCUT2D eigenvalue weighted by Gasteiger charge is 2.36. The lowest BCUT2D eigenvalue weighted by molar-refractivity contribution is 0.477. The Kier molecular flexibility index (Phi) is 6.18. The van der Waals surface area contributed by atoms with Gasteiger partial charge in [0.25, 0.3) is 0 Å². The summed E-state index contributed by atoms with van der Waals surface area (Å²) >= 11 is 0. The van der Waals surface area contributed by atoms with E-state index in [1.165, 1.54) is 22.5 Å². The van der Waals surface area contributed by atoms with Gasteiger partial charge in [0, 0.05) is 16.8 Å². The fourth-order valence-corrected chi connectivity index (χ4v) is 7.26. The largest absolute Gasteiger partial charge is 0.453 e. The van der Waals surface area contributed by atoms with E-state index < -0.39 is 0 Å². The topological polar surface area (TPSA) is 43.7 Å². The van der Waals surface area contributed by atoms with Crippen molar-refractivity contribution in [2.45, 2.75) is 25.3 Å². The normalized spacial score (nSPS) is 17.0. The van der Waals surface area contributed by atoms with Crippen LogP contribution in [-0.2, 0) is 5.41 Å². The van der Waals surface area contributed by atoms with Crippen LogP contribution in [0, 0.1) is 0 Å². The van der Waals surface area contributed by atoms with Crippen LogP contribution in [0.2, 0.25) is 0 Å². The molecule has 0 aromatic heterocycles. The van der Waals surface area contributed by atoms with Gasteiger partial charge >= 0.3 is 0 Å². The lowest BCUT2D eigenvalue weighted by Crippen LogP contribution is -2.30. The van der Waals surface area contributed by atoms with Gasteiger partial charge in [-0.05, 0) is 83.4 Å². The van der Waals surface area contributed by atoms with Gasteiger partial charge in [-0.15, -0.1) is 0 Å². The molecule has 0 aliphatic carbocycles. The molecule has 0 fully saturated rings. The number of rotatable bonds is 4. The number of para-hydroxylation sites is 6. The molecule has 0 N–H and O–H groups in total. The third-order valence-electron chi connectivity index (χ3n) is 9.64. The molecular weight excluding hydrogens is 578 g/mol. The zero-order valence-corrected chi connectivity index (χ0v) is 26.3. The molecule has 1 atom stereocenters. The van der Waals surface area contributed by atoms with Crippen LogP contribution in [0.1, 0.15) is 36.6 Å². The highest BCUT2D eigenvalue weighted by molar-refractivity contribution is 5.87. The molecule has 3 heterocycles. The van der Waals surface area contributed by atoms with E-state index in [2.05, 4.69) is 138 Å². The van der Waals surface area contributed by atoms with Gasteiger partial charge < -0.3 is 14.5 Å². The number of hydrogen-bond donors (Lipinski definition) is 0. The second-order valence-corrected chi connectivity index (χ2v) is 12.8. The summed E-state index contributed by atoms with van der Waals surface area (Å²) in [6, 6.07) is 51.1. The van der Waals surface area contributed by atoms with Gasteiger partial charge in [0.05, 0.1) is 35.0 Å². The van der Waals surface area contributed by atoms with E-state index >= 15 is 0 Å². The number of fused-ring (bicyclic) bond motifs is 4. The summed E-state index contributed by atoms with van der Waals surface area (Å²) in [4.78, 5) is 4.63. The van der Waals surface area contributed by atoms with Gasteiger partial charge in [-0.25, -0.2) is 5.01 Å². The third kappa shape index (κ3) is 4.40. The number of ether oxygens (including phenoxy) is 1. The Hall–Kier alpha value is -5.88. The average molecular weight is 612 g/mol. The quantitative estimate of drug-likeness (QED) is 0.199. The molecule has 0 spiro atoms. The van der Waals surface area contributed by atoms with Crippen molar-refractivity contribution in [3.8, 4) is 11.5 Å². The Bertz CT molecular complexity index is 2080. The lowest BCUT2D eigenvalue weighted by Gasteiger charge is -2.42. The fourth-order valence-electron chi connectivity index (χ4n) is 7.26. The van der Waals surface area contributed by atoms with Gasteiger partial charge in [-0.3, -0.25) is 0 Å². The molecule has 0 saturated heterocycles. The first-order valence-corrected chi connectivity index (χ1v) is 16.1. The smallest absolute Gasteiger partial charge is 0.151 e. The summed E-state index contributed by atoms with van der Waals surface area (Å²) in [7, 11) is 0. The van der Waals surface area contributed by atoms with E-state index in [1.54, 1.807) is 0 Å². The van der Waals surface area contributed by atoms with Crippen molar-refractivity contribution in [2.75, 3.05) is 21.4 Å². The monoisotopic (exact) mass is 611 g/mol. The molecule has 47 heavy (non-hydrogen) atoms. The molecule has 0 saturated carbocycles. The molecule has 6 aromatic carbocycles. The van der Waals surface area contributed by atoms with E-state index in [1.807, 2.05) is 41.4 Å². The first-order valence-electron chi connectivity index (χ1n) is 16.1. The lowest BCUT2D eigenvalue weighted by atomic mass is 9.73. The van der Waals surface area contributed by atoms with E-state index in [-0.39, 0.29) is 11.5 Å². The molecule has 0 radical (unpaired) electrons. The Morgan fingerprint density at radius 1 is 0.553 bits per heavy atom. The number of anilines is 7. The highest BCUT2D eigenvalue weighted by Crippen LogP contribution is 2.52. The van der Waals surface area contributed by atoms with E-state index in [0.29, 0.717) is 6.54 Å². The fraction of sp³-hybridized carbons (Fsp3) is 0.122. The second kappa shape index (κ2) is 10.6. The van der Waals surface area contributed by atoms with Crippen molar-refractivity contribution in [1.82, 2.24) is 0 Å². The maximum atomic E-state index is 6.22. The van der Waals surface area contributed by atoms with Gasteiger partial charge in [0.2, 0.25) is 0 Å². The molecule has 6 aromatic rings. The predicted molar refractivity (Wildman–Crippen MR) is 189 cm³/mol. The van der Waals surface area contributed by atoms with Crippen molar-refractivity contribution in [2.24, 2.45) is 10.3 Å². The van der Waals surface area contributed by atoms with Gasteiger partial charge in [-0.1, -0.05) is 97.9 Å². The predicted octanol–water partition coefficient (Wildman–Crippen LogP) is 11.3. The number of hydrogen-bond acceptors (Lipinski definition) is 6. The molecule has 9 rings (SSSR count). The minimum atomic E-state index is -0.0802. The molecule has 228 valence electrons. The molecule has 6 nitrogen and oxygen atoms in total. The van der Waals surface area contributed by atoms with Crippen molar-refractivity contribution >= 4 is 39.8 Å². The van der Waals surface area contributed by atoms with Crippen LogP contribution in [0.5, 0.6) is 11.5 Å². The molecule has 3 aliphatic heterocycles. The van der Waals surface area contributed by atoms with Crippen molar-refractivity contribution in [3.63, 3.8) is 0 Å². The SMILES string of the molecule is CC1(C)c2ccccc2N(c2ccc(C3CN(c4cccc(N5c6ccccc6Oc6ccccc65)c4)N=N3)cc2)c2ccccc21. The zero-order valence-electron chi connectivity index (χ0n) is 26.3. The average Bonchev–Trinajstić information content (AvgIpc) is 3.62. The van der Waals surface area contributed by atoms with E-state index in [4.69, 9.17) is 9.85 Å². The molecule has 3 aliphatic rings. The third-order valence-corrected chi connectivity index (χ3v) is 9.64. The van der Waals surface area contributed by atoms with E-state index in [0.717, 1.165) is 45.5 Å². The summed E-state index contributed by atoms with van der Waals surface area (Å²) in [5.41, 5.74) is 11.4. The van der Waals surface area contributed by atoms with Crippen molar-refractivity contribution < 1.29 is 4.74 Å². The Balaban J connectivity index is 0.992. The number of nitrogens with zero attached hydrogens (tertiary/aromatic N) is 5. The Morgan fingerprint density at radius 2 is 1.09 bits per heavy atom. The van der Waals surface area contributed by atoms with Crippen molar-refractivity contribution in [1.29, 1.82) is 0 Å². The van der Waals surface area contributed by atoms with Crippen LogP contribution < -0.4 is 19.5 Å². The summed E-state index contributed by atoms with van der Waals surface area (Å²) in [5.74, 6) is 1.67. The summed E-state index contributed by atoms with van der Waals surface area (Å²) < 4.78 is 6.22. The second-order valence-electron chi connectivity index (χ2n) is 12.8. The van der Waals surface area contributed by atoms with E-state index in [9.17, 15) is 0 Å². The summed E-state index contributed by atoms with van der Waals surface area (Å²) in [5, 5.41) is 11.3. The standard InChI is InChI=1S/C41H33N5O/c1-41(2)32-14-3-5-16-35(32)45(36-17-6-4-15-33(36)41)29-24-22-28(23-25-29)34-27-44(43-42-34)30-12-11-13-31(26-30)46-37-18-7-9-20-39(37)47-40-21-10-8-19-38(40)46/h3-26,34H,27H2,1-2H3. The van der Waals surface area contributed by atoms with Crippen LogP contribution in [-0.4, -0.2) is 6.54 Å². The Labute approximate surface area is 274 Å². The van der Waals surface area contributed by atoms with Crippen LogP contribution in [0.25, 0.3) is 0 Å². The molecule has 0 amide bonds. The minimum Gasteiger partial charge on any atom is -0.453 e. The summed E-state index contributed by atoms with van der Waals surface area (Å²) in [6.07, 6.45) is 0. The first-order chi connectivity index (χ1) is 23.1. The van der Waals surface area contributed by atoms with Gasteiger partial charge in [0.1, 0.15) is 6.04 Å². The molecule has 1 unspecified atom stereocenters. The molecular formula is C41H33N5O. The highest BCUT2D eigenvalue weighted by atomic mass is 16.5. The van der Waals surface area contributed by atoms with Crippen molar-refractivity contribution in [3.05, 3.63) is 162 Å². The van der Waals surface area contributed by atoms with Crippen LogP contribution in [0.4, 0.5) is 39.8 Å². The molecule has 6 heteroatoms. The first kappa shape index (κ1) is 27.4. The number of benzene rings is 6. The maximum Gasteiger partial charge on any atom is 0.151 e. The van der Waals surface area contributed by atoms with Crippen LogP contribution in [0.15, 0.2) is 156 Å². The summed E-state index contributed by atoms with van der Waals surface area (Å²) in [6.45, 7) is 5.30. The van der Waals surface area contributed by atoms with Gasteiger partial charge in [0.15, 0.2) is 11.5 Å².